The second-order valence-corrected chi connectivity index (χ2v) is 12.8. The average molecular weight is 843 g/mol. The van der Waals surface area contributed by atoms with Crippen molar-refractivity contribution in [3.05, 3.63) is 0 Å². The molecule has 55 heavy (non-hydrogen) atoms. The molecular weight excluding hydrogens is 797 g/mol. The third kappa shape index (κ3) is 20.4. The summed E-state index contributed by atoms with van der Waals surface area (Å²) >= 11 is 11.9. The lowest BCUT2D eigenvalue weighted by atomic mass is 10.1. The molecule has 7 unspecified atom stereocenters. The summed E-state index contributed by atoms with van der Waals surface area (Å²) in [7, 11) is 0. The van der Waals surface area contributed by atoms with Crippen LogP contribution < -0.4 is 43.4 Å². The molecule has 0 rings (SSSR count). The van der Waals surface area contributed by atoms with Crippen LogP contribution >= 0.6 is 37.9 Å². The van der Waals surface area contributed by atoms with Crippen molar-refractivity contribution in [2.75, 3.05) is 17.3 Å². The highest BCUT2D eigenvalue weighted by atomic mass is 32.1. The van der Waals surface area contributed by atoms with Crippen LogP contribution in [0.3, 0.4) is 0 Å². The van der Waals surface area contributed by atoms with Gasteiger partial charge < -0.3 is 63.8 Å². The van der Waals surface area contributed by atoms with E-state index in [1.807, 2.05) is 0 Å². The van der Waals surface area contributed by atoms with E-state index in [4.69, 9.17) is 16.6 Å². The van der Waals surface area contributed by atoms with Crippen LogP contribution in [0.1, 0.15) is 51.4 Å². The molecule has 0 saturated carbocycles. The molecule has 0 saturated heterocycles. The predicted octanol–water partition coefficient (Wildman–Crippen LogP) is -5.04. The molecular formula is C29H46N8O15S3. The summed E-state index contributed by atoms with van der Waals surface area (Å²) in [5.74, 6) is -13.2. The summed E-state index contributed by atoms with van der Waals surface area (Å²) in [6.07, 6.45) is -3.41. The number of nitrogens with two attached hydrogens (primary N) is 2. The van der Waals surface area contributed by atoms with E-state index in [0.717, 1.165) is 0 Å². The van der Waals surface area contributed by atoms with Gasteiger partial charge in [-0.25, -0.2) is 14.4 Å². The van der Waals surface area contributed by atoms with E-state index in [2.05, 4.69) is 69.8 Å². The second kappa shape index (κ2) is 26.1. The molecule has 0 radical (unpaired) electrons. The highest BCUT2D eigenvalue weighted by Gasteiger charge is 2.30. The van der Waals surface area contributed by atoms with E-state index in [1.165, 1.54) is 0 Å². The summed E-state index contributed by atoms with van der Waals surface area (Å²) < 4.78 is 0. The van der Waals surface area contributed by atoms with Crippen molar-refractivity contribution in [1.82, 2.24) is 31.9 Å². The van der Waals surface area contributed by atoms with E-state index in [1.54, 1.807) is 0 Å². The van der Waals surface area contributed by atoms with Gasteiger partial charge in [0.1, 0.15) is 42.3 Å². The van der Waals surface area contributed by atoms with Crippen LogP contribution in [-0.2, 0) is 52.7 Å². The number of hydrogen-bond acceptors (Lipinski definition) is 15. The van der Waals surface area contributed by atoms with Gasteiger partial charge in [0, 0.05) is 42.9 Å². The Hall–Kier alpha value is -4.82. The topological polar surface area (TPSA) is 393 Å². The first-order valence-electron chi connectivity index (χ1n) is 16.2. The zero-order valence-electron chi connectivity index (χ0n) is 29.1. The van der Waals surface area contributed by atoms with Crippen molar-refractivity contribution in [2.45, 2.75) is 93.7 Å². The Morgan fingerprint density at radius 1 is 0.418 bits per heavy atom. The number of carbonyl (C=O) groups is 11. The number of aliphatic carboxylic acids is 4. The lowest BCUT2D eigenvalue weighted by Gasteiger charge is -2.22. The van der Waals surface area contributed by atoms with Gasteiger partial charge in [0.05, 0.1) is 0 Å². The minimum Gasteiger partial charge on any atom is -0.480 e. The molecule has 23 nitrogen and oxygen atoms in total. The zero-order valence-corrected chi connectivity index (χ0v) is 31.8. The van der Waals surface area contributed by atoms with Crippen molar-refractivity contribution in [2.24, 2.45) is 11.5 Å². The quantitative estimate of drug-likeness (QED) is 0.0328. The van der Waals surface area contributed by atoms with Gasteiger partial charge in [-0.2, -0.15) is 37.9 Å². The normalized spacial score (nSPS) is 14.5. The molecule has 7 amide bonds. The Morgan fingerprint density at radius 2 is 0.691 bits per heavy atom. The monoisotopic (exact) mass is 842 g/mol. The maximum absolute atomic E-state index is 12.8. The van der Waals surface area contributed by atoms with E-state index in [-0.39, 0.29) is 42.9 Å². The Morgan fingerprint density at radius 3 is 0.927 bits per heavy atom. The predicted molar refractivity (Wildman–Crippen MR) is 198 cm³/mol. The van der Waals surface area contributed by atoms with Gasteiger partial charge in [0.15, 0.2) is 0 Å². The molecule has 14 N–H and O–H groups in total. The SMILES string of the molecule is NC(=O)CCC(NC(=O)C(CS)NC(=O)CCC(NC(=O)C(CS)NC(=O)CCC(NC(=O)C(CS)NC(=O)CCC(N)C(=O)O)C(=O)O)C(=O)O)C(=O)O. The number of carboxylic acids is 4. The number of thiol groups is 3. The summed E-state index contributed by atoms with van der Waals surface area (Å²) in [5, 5.41) is 50.5. The summed E-state index contributed by atoms with van der Waals surface area (Å²) in [6, 6.07) is -10.3. The number of carboxylic acid groups (broad SMARTS) is 4. The fourth-order valence-corrected chi connectivity index (χ4v) is 4.99. The first-order chi connectivity index (χ1) is 25.7. The minimum absolute atomic E-state index is 0.241. The van der Waals surface area contributed by atoms with Gasteiger partial charge in [-0.05, 0) is 25.7 Å². The van der Waals surface area contributed by atoms with Gasteiger partial charge in [-0.1, -0.05) is 0 Å². The molecule has 0 aromatic carbocycles. The van der Waals surface area contributed by atoms with Gasteiger partial charge >= 0.3 is 23.9 Å². The van der Waals surface area contributed by atoms with Crippen LogP contribution in [0.4, 0.5) is 0 Å². The highest BCUT2D eigenvalue weighted by Crippen LogP contribution is 2.06. The number of rotatable bonds is 28. The maximum Gasteiger partial charge on any atom is 0.326 e. The van der Waals surface area contributed by atoms with Gasteiger partial charge in [0.2, 0.25) is 41.4 Å². The molecule has 0 aliphatic carbocycles. The molecule has 0 heterocycles. The second-order valence-electron chi connectivity index (χ2n) is 11.7. The van der Waals surface area contributed by atoms with Crippen molar-refractivity contribution in [3.63, 3.8) is 0 Å². The molecule has 0 bridgehead atoms. The minimum atomic E-state index is -1.69. The maximum atomic E-state index is 12.8. The summed E-state index contributed by atoms with van der Waals surface area (Å²) in [6.45, 7) is 0. The zero-order chi connectivity index (χ0) is 42.4. The third-order valence-corrected chi connectivity index (χ3v) is 8.44. The van der Waals surface area contributed by atoms with Crippen LogP contribution in [0.2, 0.25) is 0 Å². The average Bonchev–Trinajstić information content (AvgIpc) is 3.11. The summed E-state index contributed by atoms with van der Waals surface area (Å²) in [4.78, 5) is 132. The largest absolute Gasteiger partial charge is 0.480 e. The standard InChI is InChI=1S/C29H46N8O15S3/c30-12(26(45)46)1-6-20(39)32-16(9-53)24(43)36-14(28(49)50)3-8-22(41)34-18(11-55)25(44)37-15(29(51)52)4-7-21(40)33-17(10-54)23(42)35-13(27(47)48)2-5-19(31)38/h12-18,53-55H,1-11,30H2,(H2,31,38)(H,32,39)(H,33,40)(H,34,41)(H,35,42)(H,36,43)(H,37,44)(H,45,46)(H,47,48)(H,49,50)(H,51,52). The smallest absolute Gasteiger partial charge is 0.326 e. The fourth-order valence-electron chi connectivity index (χ4n) is 4.22. The fraction of sp³-hybridized carbons (Fsp3) is 0.621. The number of primary amides is 1. The third-order valence-electron chi connectivity index (χ3n) is 7.35. The Labute approximate surface area is 329 Å². The van der Waals surface area contributed by atoms with Crippen LogP contribution in [0.5, 0.6) is 0 Å². The molecule has 0 aromatic heterocycles. The highest BCUT2D eigenvalue weighted by molar-refractivity contribution is 7.80. The molecule has 0 fully saturated rings. The Bertz CT molecular complexity index is 1440. The van der Waals surface area contributed by atoms with Crippen molar-refractivity contribution < 1.29 is 73.2 Å². The van der Waals surface area contributed by atoms with Gasteiger partial charge in [-0.15, -0.1) is 0 Å². The van der Waals surface area contributed by atoms with Crippen LogP contribution in [-0.4, -0.2) is 145 Å². The Balaban J connectivity index is 5.21. The molecule has 7 atom stereocenters. The van der Waals surface area contributed by atoms with E-state index >= 15 is 0 Å². The van der Waals surface area contributed by atoms with Crippen LogP contribution in [0.15, 0.2) is 0 Å². The number of carbonyl (C=O) groups excluding carboxylic acids is 7. The number of nitrogens with one attached hydrogen (secondary N) is 6. The van der Waals surface area contributed by atoms with Crippen molar-refractivity contribution in [1.29, 1.82) is 0 Å². The molecule has 0 aliphatic rings. The van der Waals surface area contributed by atoms with Crippen molar-refractivity contribution in [3.8, 4) is 0 Å². The number of amides is 7. The van der Waals surface area contributed by atoms with E-state index in [0.29, 0.717) is 0 Å². The molecule has 310 valence electrons. The first-order valence-corrected chi connectivity index (χ1v) is 18.1. The van der Waals surface area contributed by atoms with Crippen LogP contribution in [0.25, 0.3) is 0 Å². The Kier molecular flexibility index (Phi) is 23.8. The van der Waals surface area contributed by atoms with E-state index in [9.17, 15) is 68.1 Å². The molecule has 26 heteroatoms. The van der Waals surface area contributed by atoms with E-state index < -0.39 is 133 Å². The van der Waals surface area contributed by atoms with Crippen LogP contribution in [0, 0.1) is 0 Å². The molecule has 0 aromatic rings. The van der Waals surface area contributed by atoms with Crippen molar-refractivity contribution >= 4 is 103 Å². The molecule has 0 spiro atoms. The number of hydrogen-bond donors (Lipinski definition) is 15. The lowest BCUT2D eigenvalue weighted by molar-refractivity contribution is -0.143. The van der Waals surface area contributed by atoms with Gasteiger partial charge in [0.25, 0.3) is 0 Å². The lowest BCUT2D eigenvalue weighted by Crippen LogP contribution is -2.54. The summed E-state index contributed by atoms with van der Waals surface area (Å²) in [5.41, 5.74) is 10.3. The van der Waals surface area contributed by atoms with Gasteiger partial charge in [-0.3, -0.25) is 38.4 Å². The molecule has 0 aliphatic heterocycles. The first kappa shape index (κ1) is 50.2.